The first kappa shape index (κ1) is 19.0. The molecule has 1 aliphatic rings. The van der Waals surface area contributed by atoms with Gasteiger partial charge in [-0.15, -0.1) is 12.4 Å². The number of hydrogen-bond acceptors (Lipinski definition) is 6. The fraction of sp³-hybridized carbons (Fsp3) is 0.316. The maximum Gasteiger partial charge on any atom is 0.238 e. The molecule has 3 N–H and O–H groups in total. The van der Waals surface area contributed by atoms with E-state index in [0.717, 1.165) is 30.5 Å². The van der Waals surface area contributed by atoms with Crippen LogP contribution in [-0.4, -0.2) is 16.0 Å². The van der Waals surface area contributed by atoms with Gasteiger partial charge in [0.1, 0.15) is 0 Å². The van der Waals surface area contributed by atoms with E-state index >= 15 is 0 Å². The molecule has 1 aliphatic carbocycles. The van der Waals surface area contributed by atoms with Gasteiger partial charge in [0.2, 0.25) is 17.6 Å². The van der Waals surface area contributed by atoms with Crippen LogP contribution in [0.15, 0.2) is 45.5 Å². The molecule has 0 saturated heterocycles. The van der Waals surface area contributed by atoms with Crippen LogP contribution in [0.3, 0.4) is 0 Å². The van der Waals surface area contributed by atoms with Gasteiger partial charge < -0.3 is 20.0 Å². The number of furan rings is 1. The molecule has 1 unspecified atom stereocenters. The van der Waals surface area contributed by atoms with Gasteiger partial charge in [-0.3, -0.25) is 4.79 Å². The highest BCUT2D eigenvalue weighted by Gasteiger charge is 2.22. The Morgan fingerprint density at radius 1 is 1.33 bits per heavy atom. The SMILES string of the molecule is Cl.Nc1ccc2c(c1)CCCC2NC(=O)CCc1nc(-c2ccco2)no1. The zero-order valence-corrected chi connectivity index (χ0v) is 15.5. The molecule has 1 aromatic carbocycles. The predicted octanol–water partition coefficient (Wildman–Crippen LogP) is 3.46. The van der Waals surface area contributed by atoms with Crippen LogP contribution in [0.4, 0.5) is 5.69 Å². The van der Waals surface area contributed by atoms with Crippen LogP contribution in [0.25, 0.3) is 11.6 Å². The number of benzene rings is 1. The van der Waals surface area contributed by atoms with Crippen molar-refractivity contribution in [2.75, 3.05) is 5.73 Å². The average Bonchev–Trinajstić information content (AvgIpc) is 3.31. The van der Waals surface area contributed by atoms with Crippen molar-refractivity contribution in [1.82, 2.24) is 15.5 Å². The van der Waals surface area contributed by atoms with Crippen molar-refractivity contribution in [3.63, 3.8) is 0 Å². The third-order valence-corrected chi connectivity index (χ3v) is 4.59. The normalized spacial score (nSPS) is 15.6. The predicted molar refractivity (Wildman–Crippen MR) is 102 cm³/mol. The number of fused-ring (bicyclic) bond motifs is 1. The summed E-state index contributed by atoms with van der Waals surface area (Å²) in [7, 11) is 0. The number of carbonyl (C=O) groups is 1. The van der Waals surface area contributed by atoms with Gasteiger partial charge in [-0.05, 0) is 54.7 Å². The molecular formula is C19H21ClN4O3. The van der Waals surface area contributed by atoms with Crippen molar-refractivity contribution in [1.29, 1.82) is 0 Å². The smallest absolute Gasteiger partial charge is 0.238 e. The molecule has 2 heterocycles. The van der Waals surface area contributed by atoms with Crippen molar-refractivity contribution >= 4 is 24.0 Å². The lowest BCUT2D eigenvalue weighted by Crippen LogP contribution is -2.31. The number of amides is 1. The van der Waals surface area contributed by atoms with Gasteiger partial charge in [0.25, 0.3) is 0 Å². The Morgan fingerprint density at radius 2 is 2.22 bits per heavy atom. The Bertz CT molecular complexity index is 908. The molecule has 142 valence electrons. The number of carbonyl (C=O) groups excluding carboxylic acids is 1. The molecule has 1 atom stereocenters. The van der Waals surface area contributed by atoms with Crippen molar-refractivity contribution in [2.24, 2.45) is 0 Å². The lowest BCUT2D eigenvalue weighted by molar-refractivity contribution is -0.122. The molecular weight excluding hydrogens is 368 g/mol. The van der Waals surface area contributed by atoms with E-state index in [1.807, 2.05) is 18.2 Å². The second kappa shape index (κ2) is 8.26. The molecule has 4 rings (SSSR count). The number of nitrogen functional groups attached to an aromatic ring is 1. The summed E-state index contributed by atoms with van der Waals surface area (Å²) in [6.07, 6.45) is 5.21. The van der Waals surface area contributed by atoms with Gasteiger partial charge in [0.05, 0.1) is 12.3 Å². The first-order valence-corrected chi connectivity index (χ1v) is 8.73. The molecule has 1 amide bonds. The van der Waals surface area contributed by atoms with Crippen LogP contribution < -0.4 is 11.1 Å². The number of aromatic nitrogens is 2. The van der Waals surface area contributed by atoms with Gasteiger partial charge in [-0.1, -0.05) is 11.2 Å². The molecule has 7 nitrogen and oxygen atoms in total. The molecule has 27 heavy (non-hydrogen) atoms. The minimum atomic E-state index is -0.0302. The number of hydrogen-bond donors (Lipinski definition) is 2. The molecule has 0 aliphatic heterocycles. The van der Waals surface area contributed by atoms with E-state index in [-0.39, 0.29) is 24.4 Å². The number of nitrogens with zero attached hydrogens (tertiary/aromatic N) is 2. The first-order valence-electron chi connectivity index (χ1n) is 8.73. The molecule has 0 saturated carbocycles. The monoisotopic (exact) mass is 388 g/mol. The minimum absolute atomic E-state index is 0. The fourth-order valence-corrected chi connectivity index (χ4v) is 3.33. The van der Waals surface area contributed by atoms with Gasteiger partial charge >= 0.3 is 0 Å². The molecule has 0 bridgehead atoms. The number of nitrogens with two attached hydrogens (primary N) is 1. The van der Waals surface area contributed by atoms with E-state index in [9.17, 15) is 4.79 Å². The number of nitrogens with one attached hydrogen (secondary N) is 1. The van der Waals surface area contributed by atoms with E-state index in [1.165, 1.54) is 5.56 Å². The third kappa shape index (κ3) is 4.31. The molecule has 0 fully saturated rings. The highest BCUT2D eigenvalue weighted by molar-refractivity contribution is 5.85. The van der Waals surface area contributed by atoms with Gasteiger partial charge in [0.15, 0.2) is 5.76 Å². The zero-order valence-electron chi connectivity index (χ0n) is 14.7. The summed E-state index contributed by atoms with van der Waals surface area (Å²) in [4.78, 5) is 16.6. The number of aryl methyl sites for hydroxylation is 2. The highest BCUT2D eigenvalue weighted by atomic mass is 35.5. The Morgan fingerprint density at radius 3 is 3.04 bits per heavy atom. The minimum Gasteiger partial charge on any atom is -0.461 e. The number of rotatable bonds is 5. The quantitative estimate of drug-likeness (QED) is 0.648. The van der Waals surface area contributed by atoms with E-state index in [4.69, 9.17) is 14.7 Å². The van der Waals surface area contributed by atoms with Crippen molar-refractivity contribution in [3.05, 3.63) is 53.6 Å². The van der Waals surface area contributed by atoms with Crippen LogP contribution >= 0.6 is 12.4 Å². The van der Waals surface area contributed by atoms with E-state index in [0.29, 0.717) is 30.3 Å². The maximum atomic E-state index is 12.4. The lowest BCUT2D eigenvalue weighted by Gasteiger charge is -2.26. The molecule has 2 aromatic heterocycles. The standard InChI is InChI=1S/C19H20N4O3.ClH/c20-13-6-7-14-12(11-13)3-1-4-15(14)21-17(24)8-9-18-22-19(23-26-18)16-5-2-10-25-16;/h2,5-7,10-11,15H,1,3-4,8-9,20H2,(H,21,24);1H. The number of anilines is 1. The Labute approximate surface area is 162 Å². The zero-order chi connectivity index (χ0) is 17.9. The lowest BCUT2D eigenvalue weighted by atomic mass is 9.87. The third-order valence-electron chi connectivity index (χ3n) is 4.59. The summed E-state index contributed by atoms with van der Waals surface area (Å²) < 4.78 is 10.4. The second-order valence-corrected chi connectivity index (χ2v) is 6.46. The summed E-state index contributed by atoms with van der Waals surface area (Å²) in [6.45, 7) is 0. The molecule has 3 aromatic rings. The van der Waals surface area contributed by atoms with E-state index in [1.54, 1.807) is 18.4 Å². The maximum absolute atomic E-state index is 12.4. The Kier molecular flexibility index (Phi) is 5.81. The van der Waals surface area contributed by atoms with Crippen molar-refractivity contribution in [2.45, 2.75) is 38.1 Å². The van der Waals surface area contributed by atoms with Gasteiger partial charge in [-0.2, -0.15) is 4.98 Å². The summed E-state index contributed by atoms with van der Waals surface area (Å²) in [5.41, 5.74) is 9.01. The summed E-state index contributed by atoms with van der Waals surface area (Å²) >= 11 is 0. The Balaban J connectivity index is 0.00000210. The van der Waals surface area contributed by atoms with Gasteiger partial charge in [-0.25, -0.2) is 0 Å². The molecule has 8 heteroatoms. The summed E-state index contributed by atoms with van der Waals surface area (Å²) in [6, 6.07) is 9.46. The van der Waals surface area contributed by atoms with Crippen molar-refractivity contribution < 1.29 is 13.7 Å². The first-order chi connectivity index (χ1) is 12.7. The second-order valence-electron chi connectivity index (χ2n) is 6.46. The van der Waals surface area contributed by atoms with Crippen LogP contribution in [-0.2, 0) is 17.6 Å². The van der Waals surface area contributed by atoms with E-state index in [2.05, 4.69) is 15.5 Å². The van der Waals surface area contributed by atoms with Crippen LogP contribution in [0, 0.1) is 0 Å². The topological polar surface area (TPSA) is 107 Å². The van der Waals surface area contributed by atoms with Crippen LogP contribution in [0.1, 0.15) is 42.3 Å². The van der Waals surface area contributed by atoms with E-state index < -0.39 is 0 Å². The summed E-state index contributed by atoms with van der Waals surface area (Å²) in [5.74, 6) is 1.33. The summed E-state index contributed by atoms with van der Waals surface area (Å²) in [5, 5.41) is 6.98. The average molecular weight is 389 g/mol. The van der Waals surface area contributed by atoms with Gasteiger partial charge in [0, 0.05) is 18.5 Å². The highest BCUT2D eigenvalue weighted by Crippen LogP contribution is 2.31. The van der Waals surface area contributed by atoms with Crippen LogP contribution in [0.5, 0.6) is 0 Å². The molecule has 0 radical (unpaired) electrons. The fourth-order valence-electron chi connectivity index (χ4n) is 3.33. The Hall–Kier alpha value is -2.80. The largest absolute Gasteiger partial charge is 0.461 e. The van der Waals surface area contributed by atoms with Crippen molar-refractivity contribution in [3.8, 4) is 11.6 Å². The number of halogens is 1. The van der Waals surface area contributed by atoms with Crippen LogP contribution in [0.2, 0.25) is 0 Å². The molecule has 0 spiro atoms.